The summed E-state index contributed by atoms with van der Waals surface area (Å²) in [5.41, 5.74) is 0.881. The number of benzene rings is 2. The van der Waals surface area contributed by atoms with Crippen molar-refractivity contribution in [2.75, 3.05) is 6.54 Å². The number of imide groups is 1. The van der Waals surface area contributed by atoms with Crippen LogP contribution in [0.15, 0.2) is 60.7 Å². The summed E-state index contributed by atoms with van der Waals surface area (Å²) < 4.78 is 10.4. The Morgan fingerprint density at radius 1 is 0.897 bits per heavy atom. The number of hydrogen-bond acceptors (Lipinski definition) is 5. The maximum Gasteiger partial charge on any atom is 0.418 e. The monoisotopic (exact) mass is 398 g/mol. The normalized spacial score (nSPS) is 10.7. The highest BCUT2D eigenvalue weighted by molar-refractivity contribution is 5.92. The lowest BCUT2D eigenvalue weighted by Crippen LogP contribution is -2.45. The number of rotatable bonds is 6. The first-order valence-corrected chi connectivity index (χ1v) is 9.26. The van der Waals surface area contributed by atoms with Crippen molar-refractivity contribution in [1.82, 2.24) is 10.2 Å². The van der Waals surface area contributed by atoms with Crippen molar-refractivity contribution in [2.45, 2.75) is 39.5 Å². The molecule has 0 aromatic heterocycles. The minimum Gasteiger partial charge on any atom is -0.459 e. The highest BCUT2D eigenvalue weighted by Crippen LogP contribution is 2.10. The van der Waals surface area contributed by atoms with Gasteiger partial charge in [-0.2, -0.15) is 0 Å². The van der Waals surface area contributed by atoms with Gasteiger partial charge in [-0.25, -0.2) is 14.5 Å². The van der Waals surface area contributed by atoms with Crippen LogP contribution in [0.5, 0.6) is 0 Å². The average molecular weight is 398 g/mol. The van der Waals surface area contributed by atoms with Crippen molar-refractivity contribution < 1.29 is 23.9 Å². The summed E-state index contributed by atoms with van der Waals surface area (Å²) in [7, 11) is 0. The van der Waals surface area contributed by atoms with Gasteiger partial charge in [0.05, 0.1) is 6.54 Å². The van der Waals surface area contributed by atoms with Crippen molar-refractivity contribution >= 4 is 18.1 Å². The minimum absolute atomic E-state index is 0.00855. The Labute approximate surface area is 170 Å². The Morgan fingerprint density at radius 3 is 2.00 bits per heavy atom. The predicted molar refractivity (Wildman–Crippen MR) is 108 cm³/mol. The maximum atomic E-state index is 12.6. The Morgan fingerprint density at radius 2 is 1.45 bits per heavy atom. The number of hydrogen-bond donors (Lipinski definition) is 1. The van der Waals surface area contributed by atoms with E-state index in [4.69, 9.17) is 9.47 Å². The lowest BCUT2D eigenvalue weighted by Gasteiger charge is -2.22. The van der Waals surface area contributed by atoms with Crippen molar-refractivity contribution in [3.8, 4) is 0 Å². The SMILES string of the molecule is CC(C)(C)OC(=O)CNC(=O)N(Cc1ccccc1)C(=O)OCc1ccccc1. The van der Waals surface area contributed by atoms with Crippen LogP contribution in [0, 0.1) is 0 Å². The Hall–Kier alpha value is -3.35. The molecular formula is C22H26N2O5. The summed E-state index contributed by atoms with van der Waals surface area (Å²) in [5.74, 6) is -0.594. The molecule has 0 saturated heterocycles. The number of urea groups is 1. The molecule has 0 heterocycles. The molecule has 0 aliphatic carbocycles. The fourth-order valence-corrected chi connectivity index (χ4v) is 2.40. The Bertz CT molecular complexity index is 816. The molecule has 0 atom stereocenters. The summed E-state index contributed by atoms with van der Waals surface area (Å²) in [6.45, 7) is 4.88. The van der Waals surface area contributed by atoms with Crippen LogP contribution in [-0.2, 0) is 27.4 Å². The molecule has 2 aromatic rings. The van der Waals surface area contributed by atoms with Crippen LogP contribution in [-0.4, -0.2) is 35.1 Å². The van der Waals surface area contributed by atoms with E-state index in [0.29, 0.717) is 0 Å². The zero-order chi connectivity index (χ0) is 21.3. The second kappa shape index (κ2) is 10.3. The van der Waals surface area contributed by atoms with Gasteiger partial charge in [-0.3, -0.25) is 4.79 Å². The van der Waals surface area contributed by atoms with E-state index in [1.807, 2.05) is 36.4 Å². The van der Waals surface area contributed by atoms with E-state index in [-0.39, 0.29) is 19.7 Å². The van der Waals surface area contributed by atoms with Crippen LogP contribution in [0.1, 0.15) is 31.9 Å². The summed E-state index contributed by atoms with van der Waals surface area (Å²) in [6, 6.07) is 17.4. The molecule has 7 nitrogen and oxygen atoms in total. The third-order valence-electron chi connectivity index (χ3n) is 3.66. The summed E-state index contributed by atoms with van der Waals surface area (Å²) in [5, 5.41) is 2.42. The zero-order valence-corrected chi connectivity index (χ0v) is 16.9. The predicted octanol–water partition coefficient (Wildman–Crippen LogP) is 3.88. The van der Waals surface area contributed by atoms with Gasteiger partial charge >= 0.3 is 18.1 Å². The van der Waals surface area contributed by atoms with E-state index in [2.05, 4.69) is 5.32 Å². The van der Waals surface area contributed by atoms with Crippen LogP contribution in [0.3, 0.4) is 0 Å². The molecule has 0 saturated carbocycles. The van der Waals surface area contributed by atoms with Gasteiger partial charge in [-0.05, 0) is 31.9 Å². The molecule has 0 fully saturated rings. The third kappa shape index (κ3) is 8.04. The van der Waals surface area contributed by atoms with Crippen LogP contribution < -0.4 is 5.32 Å². The number of carbonyl (C=O) groups excluding carboxylic acids is 3. The molecule has 29 heavy (non-hydrogen) atoms. The number of carbonyl (C=O) groups is 3. The van der Waals surface area contributed by atoms with E-state index in [0.717, 1.165) is 16.0 Å². The van der Waals surface area contributed by atoms with Crippen LogP contribution in [0.4, 0.5) is 9.59 Å². The van der Waals surface area contributed by atoms with Crippen molar-refractivity contribution in [2.24, 2.45) is 0 Å². The zero-order valence-electron chi connectivity index (χ0n) is 16.9. The second-order valence-electron chi connectivity index (χ2n) is 7.36. The smallest absolute Gasteiger partial charge is 0.418 e. The van der Waals surface area contributed by atoms with Gasteiger partial charge in [-0.15, -0.1) is 0 Å². The Kier molecular flexibility index (Phi) is 7.77. The third-order valence-corrected chi connectivity index (χ3v) is 3.66. The van der Waals surface area contributed by atoms with E-state index < -0.39 is 23.7 Å². The molecule has 3 amide bonds. The number of esters is 1. The molecule has 154 valence electrons. The van der Waals surface area contributed by atoms with Crippen LogP contribution in [0.2, 0.25) is 0 Å². The topological polar surface area (TPSA) is 84.9 Å². The molecule has 0 aliphatic rings. The lowest BCUT2D eigenvalue weighted by molar-refractivity contribution is -0.153. The maximum absolute atomic E-state index is 12.6. The van der Waals surface area contributed by atoms with Crippen molar-refractivity contribution in [3.63, 3.8) is 0 Å². The first-order chi connectivity index (χ1) is 13.7. The van der Waals surface area contributed by atoms with Crippen LogP contribution in [0.25, 0.3) is 0 Å². The average Bonchev–Trinajstić information content (AvgIpc) is 2.69. The highest BCUT2D eigenvalue weighted by Gasteiger charge is 2.25. The van der Waals surface area contributed by atoms with E-state index in [9.17, 15) is 14.4 Å². The van der Waals surface area contributed by atoms with Gasteiger partial charge in [0.15, 0.2) is 0 Å². The fraction of sp³-hybridized carbons (Fsp3) is 0.318. The summed E-state index contributed by atoms with van der Waals surface area (Å²) in [4.78, 5) is 37.9. The Balaban J connectivity index is 2.02. The minimum atomic E-state index is -0.806. The quantitative estimate of drug-likeness (QED) is 0.747. The number of amides is 3. The number of nitrogens with zero attached hydrogens (tertiary/aromatic N) is 1. The molecule has 0 spiro atoms. The molecular weight excluding hydrogens is 372 g/mol. The van der Waals surface area contributed by atoms with Gasteiger partial charge in [0.1, 0.15) is 18.8 Å². The second-order valence-corrected chi connectivity index (χ2v) is 7.36. The highest BCUT2D eigenvalue weighted by atomic mass is 16.6. The fourth-order valence-electron chi connectivity index (χ4n) is 2.40. The number of ether oxygens (including phenoxy) is 2. The van der Waals surface area contributed by atoms with Crippen molar-refractivity contribution in [1.29, 1.82) is 0 Å². The molecule has 0 radical (unpaired) electrons. The van der Waals surface area contributed by atoms with E-state index in [1.165, 1.54) is 0 Å². The molecule has 7 heteroatoms. The van der Waals surface area contributed by atoms with Crippen LogP contribution >= 0.6 is 0 Å². The first-order valence-electron chi connectivity index (χ1n) is 9.26. The lowest BCUT2D eigenvalue weighted by atomic mass is 10.2. The van der Waals surface area contributed by atoms with Gasteiger partial charge in [0.25, 0.3) is 0 Å². The first kappa shape index (κ1) is 21.9. The molecule has 1 N–H and O–H groups in total. The van der Waals surface area contributed by atoms with Gasteiger partial charge in [0, 0.05) is 0 Å². The molecule has 0 unspecified atom stereocenters. The standard InChI is InChI=1S/C22H26N2O5/c1-22(2,3)29-19(25)14-23-20(26)24(15-17-10-6-4-7-11-17)21(27)28-16-18-12-8-5-9-13-18/h4-13H,14-16H2,1-3H3,(H,23,26). The van der Waals surface area contributed by atoms with Gasteiger partial charge in [0.2, 0.25) is 0 Å². The van der Waals surface area contributed by atoms with Gasteiger partial charge < -0.3 is 14.8 Å². The van der Waals surface area contributed by atoms with E-state index in [1.54, 1.807) is 45.0 Å². The van der Waals surface area contributed by atoms with Crippen molar-refractivity contribution in [3.05, 3.63) is 71.8 Å². The summed E-state index contributed by atoms with van der Waals surface area (Å²) in [6.07, 6.45) is -0.806. The molecule has 2 rings (SSSR count). The molecule has 2 aromatic carbocycles. The summed E-state index contributed by atoms with van der Waals surface area (Å²) >= 11 is 0. The molecule has 0 bridgehead atoms. The number of nitrogens with one attached hydrogen (secondary N) is 1. The molecule has 0 aliphatic heterocycles. The largest absolute Gasteiger partial charge is 0.459 e. The van der Waals surface area contributed by atoms with E-state index >= 15 is 0 Å². The van der Waals surface area contributed by atoms with Gasteiger partial charge in [-0.1, -0.05) is 60.7 Å².